The Morgan fingerprint density at radius 2 is 1.84 bits per heavy atom. The van der Waals surface area contributed by atoms with Crippen LogP contribution < -0.4 is 26.9 Å². The summed E-state index contributed by atoms with van der Waals surface area (Å²) in [5.41, 5.74) is 15.1. The van der Waals surface area contributed by atoms with Crippen molar-refractivity contribution < 1.29 is 9.53 Å². The molecule has 0 saturated carbocycles. The number of hydrogen-bond donors (Lipinski definition) is 3. The Balaban J connectivity index is 1.46. The highest BCUT2D eigenvalue weighted by Crippen LogP contribution is 2.24. The minimum atomic E-state index is -0.234. The molecule has 0 aliphatic carbocycles. The molecule has 0 radical (unpaired) electrons. The maximum atomic E-state index is 13.3. The van der Waals surface area contributed by atoms with Gasteiger partial charge in [-0.25, -0.2) is 4.68 Å². The topological polar surface area (TPSA) is 119 Å². The third-order valence-corrected chi connectivity index (χ3v) is 6.87. The second kappa shape index (κ2) is 11.6. The first-order valence-corrected chi connectivity index (χ1v) is 12.6. The van der Waals surface area contributed by atoms with Gasteiger partial charge in [0.15, 0.2) is 0 Å². The average molecular weight is 508 g/mol. The van der Waals surface area contributed by atoms with Crippen LogP contribution in [0.1, 0.15) is 39.1 Å². The number of morpholine rings is 1. The van der Waals surface area contributed by atoms with Gasteiger partial charge in [-0.1, -0.05) is 23.8 Å². The number of carbonyl (C=O) groups is 1. The lowest BCUT2D eigenvalue weighted by atomic mass is 10.0. The molecular weight excluding hydrogens is 470 g/mol. The van der Waals surface area contributed by atoms with Crippen molar-refractivity contribution in [3.63, 3.8) is 0 Å². The highest BCUT2D eigenvalue weighted by molar-refractivity contribution is 5.78. The summed E-state index contributed by atoms with van der Waals surface area (Å²) < 4.78 is 8.84. The van der Waals surface area contributed by atoms with Gasteiger partial charge < -0.3 is 26.1 Å². The van der Waals surface area contributed by atoms with Gasteiger partial charge >= 0.3 is 0 Å². The molecule has 1 aliphatic heterocycles. The van der Waals surface area contributed by atoms with Crippen LogP contribution in [0.4, 0.5) is 5.82 Å². The lowest BCUT2D eigenvalue weighted by molar-refractivity contribution is -0.120. The van der Waals surface area contributed by atoms with Gasteiger partial charge in [-0.3, -0.25) is 14.3 Å². The van der Waals surface area contributed by atoms with Gasteiger partial charge in [0, 0.05) is 50.6 Å². The number of nitrogens with two attached hydrogens (primary N) is 1. The van der Waals surface area contributed by atoms with E-state index >= 15 is 0 Å². The van der Waals surface area contributed by atoms with E-state index in [-0.39, 0.29) is 17.9 Å². The number of aryl methyl sites for hydroxylation is 4. The Labute approximate surface area is 217 Å². The van der Waals surface area contributed by atoms with Crippen LogP contribution in [-0.4, -0.2) is 46.7 Å². The number of anilines is 1. The van der Waals surface area contributed by atoms with Crippen molar-refractivity contribution in [3.05, 3.63) is 79.9 Å². The smallest absolute Gasteiger partial charge is 0.272 e. The molecule has 1 aliphatic rings. The van der Waals surface area contributed by atoms with E-state index in [1.807, 2.05) is 56.8 Å². The Morgan fingerprint density at radius 1 is 1.08 bits per heavy atom. The molecule has 1 aromatic carbocycles. The summed E-state index contributed by atoms with van der Waals surface area (Å²) in [5, 5.41) is 7.55. The molecule has 0 atom stereocenters. The van der Waals surface area contributed by atoms with Gasteiger partial charge in [-0.15, -0.1) is 0 Å². The maximum absolute atomic E-state index is 13.3. The van der Waals surface area contributed by atoms with Crippen molar-refractivity contribution in [2.45, 2.75) is 46.8 Å². The number of pyridine rings is 1. The number of rotatable bonds is 9. The van der Waals surface area contributed by atoms with Gasteiger partial charge in [-0.05, 0) is 43.5 Å². The molecule has 0 unspecified atom stereocenters. The summed E-state index contributed by atoms with van der Waals surface area (Å²) in [7, 11) is 1.93. The Hall–Kier alpha value is -3.63. The fourth-order valence-corrected chi connectivity index (χ4v) is 4.78. The number of amides is 1. The van der Waals surface area contributed by atoms with Crippen LogP contribution in [0.25, 0.3) is 0 Å². The molecule has 10 heteroatoms. The molecule has 2 aromatic heterocycles. The quantitative estimate of drug-likeness (QED) is 0.401. The largest absolute Gasteiger partial charge is 0.378 e. The molecule has 3 heterocycles. The van der Waals surface area contributed by atoms with Crippen molar-refractivity contribution >= 4 is 11.7 Å². The van der Waals surface area contributed by atoms with Crippen LogP contribution in [0.2, 0.25) is 0 Å². The van der Waals surface area contributed by atoms with Crippen LogP contribution in [-0.2, 0) is 42.6 Å². The SMILES string of the molecule is Cc1ccc(CN)c(CNC(=O)Cc2c(C)ccn(NCc3c(C)nn(C)c3N3CCOCC3)c2=O)c1. The minimum absolute atomic E-state index is 0.00189. The molecule has 0 spiro atoms. The molecule has 37 heavy (non-hydrogen) atoms. The summed E-state index contributed by atoms with van der Waals surface area (Å²) in [4.78, 5) is 28.4. The monoisotopic (exact) mass is 507 g/mol. The van der Waals surface area contributed by atoms with Gasteiger partial charge in [-0.2, -0.15) is 5.10 Å². The number of nitrogens with zero attached hydrogens (tertiary/aromatic N) is 4. The van der Waals surface area contributed by atoms with E-state index in [1.165, 1.54) is 4.68 Å². The van der Waals surface area contributed by atoms with E-state index in [9.17, 15) is 9.59 Å². The molecule has 10 nitrogen and oxygen atoms in total. The third kappa shape index (κ3) is 6.03. The Bertz CT molecular complexity index is 1320. The second-order valence-electron chi connectivity index (χ2n) is 9.53. The molecule has 4 rings (SSSR count). The van der Waals surface area contributed by atoms with Crippen LogP contribution in [0.3, 0.4) is 0 Å². The van der Waals surface area contributed by atoms with E-state index in [0.717, 1.165) is 52.4 Å². The van der Waals surface area contributed by atoms with Crippen LogP contribution in [0.5, 0.6) is 0 Å². The van der Waals surface area contributed by atoms with E-state index in [0.29, 0.717) is 38.4 Å². The lowest BCUT2D eigenvalue weighted by Crippen LogP contribution is -2.38. The Morgan fingerprint density at radius 3 is 2.57 bits per heavy atom. The molecule has 1 saturated heterocycles. The van der Waals surface area contributed by atoms with Crippen LogP contribution >= 0.6 is 0 Å². The summed E-state index contributed by atoms with van der Waals surface area (Å²) in [6, 6.07) is 7.87. The number of carbonyl (C=O) groups excluding carboxylic acids is 1. The maximum Gasteiger partial charge on any atom is 0.272 e. The zero-order valence-corrected chi connectivity index (χ0v) is 22.1. The Kier molecular flexibility index (Phi) is 8.30. The molecular formula is C27H37N7O3. The van der Waals surface area contributed by atoms with Gasteiger partial charge in [0.1, 0.15) is 5.82 Å². The van der Waals surface area contributed by atoms with Crippen LogP contribution in [0, 0.1) is 20.8 Å². The van der Waals surface area contributed by atoms with Gasteiger partial charge in [0.25, 0.3) is 5.56 Å². The first-order valence-electron chi connectivity index (χ1n) is 12.6. The first kappa shape index (κ1) is 26.4. The van der Waals surface area contributed by atoms with Crippen LogP contribution in [0.15, 0.2) is 35.3 Å². The molecule has 1 fully saturated rings. The van der Waals surface area contributed by atoms with Crippen molar-refractivity contribution in [2.75, 3.05) is 36.6 Å². The van der Waals surface area contributed by atoms with Gasteiger partial charge in [0.2, 0.25) is 5.91 Å². The molecule has 4 N–H and O–H groups in total. The first-order chi connectivity index (χ1) is 17.8. The van der Waals surface area contributed by atoms with E-state index < -0.39 is 0 Å². The fourth-order valence-electron chi connectivity index (χ4n) is 4.78. The van der Waals surface area contributed by atoms with E-state index in [1.54, 1.807) is 6.20 Å². The number of hydrogen-bond acceptors (Lipinski definition) is 7. The fraction of sp³-hybridized carbons (Fsp3) is 0.444. The predicted molar refractivity (Wildman–Crippen MR) is 144 cm³/mol. The summed E-state index contributed by atoms with van der Waals surface area (Å²) in [6.45, 7) is 9.98. The third-order valence-electron chi connectivity index (χ3n) is 6.87. The van der Waals surface area contributed by atoms with Crippen molar-refractivity contribution in [2.24, 2.45) is 12.8 Å². The average Bonchev–Trinajstić information content (AvgIpc) is 3.17. The number of nitrogens with one attached hydrogen (secondary N) is 2. The predicted octanol–water partition coefficient (Wildman–Crippen LogP) is 1.40. The molecule has 0 bridgehead atoms. The summed E-state index contributed by atoms with van der Waals surface area (Å²) in [6.07, 6.45) is 1.71. The van der Waals surface area contributed by atoms with E-state index in [4.69, 9.17) is 10.5 Å². The lowest BCUT2D eigenvalue weighted by Gasteiger charge is -2.29. The number of ether oxygens (including phenoxy) is 1. The summed E-state index contributed by atoms with van der Waals surface area (Å²) in [5.74, 6) is 0.821. The molecule has 1 amide bonds. The zero-order chi connectivity index (χ0) is 26.5. The van der Waals surface area contributed by atoms with E-state index in [2.05, 4.69) is 20.7 Å². The minimum Gasteiger partial charge on any atom is -0.378 e. The van der Waals surface area contributed by atoms with Crippen molar-refractivity contribution in [1.82, 2.24) is 19.8 Å². The number of aromatic nitrogens is 3. The standard InChI is InChI=1S/C27H37N7O3/c1-18-5-6-21(15-28)22(13-18)16-29-25(35)14-23-19(2)7-8-34(27(23)36)30-17-24-20(3)31-32(4)26(24)33-9-11-37-12-10-33/h5-8,13,30H,9-12,14-17,28H2,1-4H3,(H,29,35). The highest BCUT2D eigenvalue weighted by atomic mass is 16.5. The molecule has 198 valence electrons. The zero-order valence-electron chi connectivity index (χ0n) is 22.1. The van der Waals surface area contributed by atoms with Gasteiger partial charge in [0.05, 0.1) is 31.9 Å². The van der Waals surface area contributed by atoms with Crippen molar-refractivity contribution in [3.8, 4) is 0 Å². The molecule has 3 aromatic rings. The van der Waals surface area contributed by atoms with Crippen molar-refractivity contribution in [1.29, 1.82) is 0 Å². The number of benzene rings is 1. The second-order valence-corrected chi connectivity index (χ2v) is 9.53. The normalized spacial score (nSPS) is 13.6. The highest BCUT2D eigenvalue weighted by Gasteiger charge is 2.21. The summed E-state index contributed by atoms with van der Waals surface area (Å²) >= 11 is 0.